The number of benzene rings is 2. The first-order valence-corrected chi connectivity index (χ1v) is 6.08. The van der Waals surface area contributed by atoms with Crippen molar-refractivity contribution in [3.05, 3.63) is 53.6 Å². The average molecular weight is 272 g/mol. The Morgan fingerprint density at radius 1 is 1.00 bits per heavy atom. The van der Waals surface area contributed by atoms with Crippen molar-refractivity contribution in [3.8, 4) is 17.2 Å². The van der Waals surface area contributed by atoms with Crippen molar-refractivity contribution in [2.24, 2.45) is 0 Å². The van der Waals surface area contributed by atoms with E-state index in [1.54, 1.807) is 24.3 Å². The molecule has 0 amide bonds. The van der Waals surface area contributed by atoms with Crippen LogP contribution in [-0.2, 0) is 0 Å². The van der Waals surface area contributed by atoms with Crippen LogP contribution in [0.15, 0.2) is 42.5 Å². The number of carbonyl (C=O) groups excluding carboxylic acids is 1. The smallest absolute Gasteiger partial charge is 0.199 e. The van der Waals surface area contributed by atoms with Gasteiger partial charge in [0.25, 0.3) is 0 Å². The molecule has 0 aromatic heterocycles. The van der Waals surface area contributed by atoms with E-state index in [0.717, 1.165) is 6.07 Å². The summed E-state index contributed by atoms with van der Waals surface area (Å²) in [6.07, 6.45) is -2.19. The van der Waals surface area contributed by atoms with E-state index in [1.165, 1.54) is 6.07 Å². The summed E-state index contributed by atoms with van der Waals surface area (Å²) in [7, 11) is 0. The van der Waals surface area contributed by atoms with Gasteiger partial charge in [0.05, 0.1) is 5.56 Å². The van der Waals surface area contributed by atoms with E-state index in [2.05, 4.69) is 0 Å². The molecule has 1 aliphatic rings. The minimum absolute atomic E-state index is 0.0555. The maximum absolute atomic E-state index is 12.1. The summed E-state index contributed by atoms with van der Waals surface area (Å²) in [4.78, 5) is 12.1. The van der Waals surface area contributed by atoms with Gasteiger partial charge in [-0.1, -0.05) is 30.3 Å². The number of fused-ring (bicyclic) bond motifs is 1. The highest BCUT2D eigenvalue weighted by atomic mass is 16.5. The van der Waals surface area contributed by atoms with Gasteiger partial charge in [-0.25, -0.2) is 0 Å². The summed E-state index contributed by atoms with van der Waals surface area (Å²) in [5.74, 6) is -1.20. The maximum atomic E-state index is 12.1. The zero-order valence-electron chi connectivity index (χ0n) is 10.4. The highest BCUT2D eigenvalue weighted by molar-refractivity contribution is 6.03. The van der Waals surface area contributed by atoms with Gasteiger partial charge in [0.15, 0.2) is 29.5 Å². The maximum Gasteiger partial charge on any atom is 0.199 e. The fourth-order valence-electron chi connectivity index (χ4n) is 2.24. The zero-order chi connectivity index (χ0) is 14.3. The fraction of sp³-hybridized carbons (Fsp3) is 0.133. The van der Waals surface area contributed by atoms with Crippen molar-refractivity contribution in [2.45, 2.75) is 12.2 Å². The Morgan fingerprint density at radius 3 is 2.35 bits per heavy atom. The third-order valence-electron chi connectivity index (χ3n) is 3.28. The van der Waals surface area contributed by atoms with E-state index in [9.17, 15) is 20.1 Å². The number of rotatable bonds is 1. The molecular weight excluding hydrogens is 260 g/mol. The summed E-state index contributed by atoms with van der Waals surface area (Å²) in [5, 5.41) is 29.0. The van der Waals surface area contributed by atoms with E-state index in [1.807, 2.05) is 6.07 Å². The normalized spacial score (nSPS) is 21.1. The van der Waals surface area contributed by atoms with Crippen LogP contribution in [0.25, 0.3) is 0 Å². The highest BCUT2D eigenvalue weighted by Gasteiger charge is 2.37. The molecule has 2 aromatic rings. The molecule has 0 fully saturated rings. The van der Waals surface area contributed by atoms with E-state index in [4.69, 9.17) is 4.74 Å². The Labute approximate surface area is 114 Å². The van der Waals surface area contributed by atoms with Crippen molar-refractivity contribution in [3.63, 3.8) is 0 Å². The molecule has 0 bridgehead atoms. The Morgan fingerprint density at radius 2 is 1.65 bits per heavy atom. The Kier molecular flexibility index (Phi) is 2.84. The number of hydrogen-bond donors (Lipinski definition) is 3. The first-order valence-electron chi connectivity index (χ1n) is 6.08. The standard InChI is InChI=1S/C15H12O5/c16-10-6-9-12(7-11(10)17)20-15(14(19)13(9)18)8-4-2-1-3-5-8/h1-7,14-17,19H/t14-,15+/m1/s1. The van der Waals surface area contributed by atoms with Crippen LogP contribution >= 0.6 is 0 Å². The molecule has 20 heavy (non-hydrogen) atoms. The Hall–Kier alpha value is -2.53. The highest BCUT2D eigenvalue weighted by Crippen LogP contribution is 2.40. The molecule has 1 aliphatic heterocycles. The summed E-state index contributed by atoms with van der Waals surface area (Å²) in [6.45, 7) is 0. The molecule has 102 valence electrons. The number of ether oxygens (including phenoxy) is 1. The molecule has 0 radical (unpaired) electrons. The summed E-state index contributed by atoms with van der Waals surface area (Å²) < 4.78 is 5.59. The molecule has 3 N–H and O–H groups in total. The second-order valence-corrected chi connectivity index (χ2v) is 4.60. The number of hydrogen-bond acceptors (Lipinski definition) is 5. The number of ketones is 1. The monoisotopic (exact) mass is 272 g/mol. The first-order chi connectivity index (χ1) is 9.58. The zero-order valence-corrected chi connectivity index (χ0v) is 10.4. The topological polar surface area (TPSA) is 87.0 Å². The quantitative estimate of drug-likeness (QED) is 0.689. The lowest BCUT2D eigenvalue weighted by molar-refractivity contribution is 0.0215. The molecule has 0 unspecified atom stereocenters. The van der Waals surface area contributed by atoms with Crippen LogP contribution < -0.4 is 4.74 Å². The first kappa shape index (κ1) is 12.5. The third-order valence-corrected chi connectivity index (χ3v) is 3.28. The van der Waals surface area contributed by atoms with Crippen molar-refractivity contribution in [1.29, 1.82) is 0 Å². The Balaban J connectivity index is 2.07. The van der Waals surface area contributed by atoms with Crippen LogP contribution in [0.2, 0.25) is 0 Å². The second-order valence-electron chi connectivity index (χ2n) is 4.60. The van der Waals surface area contributed by atoms with Gasteiger partial charge in [0.2, 0.25) is 0 Å². The number of phenolic OH excluding ortho intramolecular Hbond substituents is 2. The molecule has 2 aromatic carbocycles. The number of aliphatic hydroxyl groups is 1. The molecular formula is C15H12O5. The molecule has 5 heteroatoms. The van der Waals surface area contributed by atoms with Crippen LogP contribution in [0.5, 0.6) is 17.2 Å². The van der Waals surface area contributed by atoms with Crippen LogP contribution in [0.1, 0.15) is 22.0 Å². The Bertz CT molecular complexity index is 665. The second kappa shape index (κ2) is 4.54. The molecule has 5 nitrogen and oxygen atoms in total. The third kappa shape index (κ3) is 1.88. The van der Waals surface area contributed by atoms with Crippen molar-refractivity contribution in [2.75, 3.05) is 0 Å². The molecule has 3 rings (SSSR count). The number of Topliss-reactive ketones (excluding diaryl/α,β-unsaturated/α-hetero) is 1. The van der Waals surface area contributed by atoms with E-state index in [0.29, 0.717) is 5.56 Å². The van der Waals surface area contributed by atoms with Gasteiger partial charge in [-0.2, -0.15) is 0 Å². The van der Waals surface area contributed by atoms with Gasteiger partial charge in [-0.05, 0) is 11.6 Å². The molecule has 2 atom stereocenters. The fourth-order valence-corrected chi connectivity index (χ4v) is 2.24. The van der Waals surface area contributed by atoms with Gasteiger partial charge in [0, 0.05) is 6.07 Å². The largest absolute Gasteiger partial charge is 0.504 e. The molecule has 0 aliphatic carbocycles. The van der Waals surface area contributed by atoms with Crippen LogP contribution in [0.4, 0.5) is 0 Å². The van der Waals surface area contributed by atoms with Gasteiger partial charge in [-0.3, -0.25) is 4.79 Å². The number of aromatic hydroxyl groups is 2. The van der Waals surface area contributed by atoms with Crippen LogP contribution in [-0.4, -0.2) is 27.2 Å². The van der Waals surface area contributed by atoms with Gasteiger partial charge in [-0.15, -0.1) is 0 Å². The van der Waals surface area contributed by atoms with Crippen molar-refractivity contribution in [1.82, 2.24) is 0 Å². The van der Waals surface area contributed by atoms with Crippen LogP contribution in [0, 0.1) is 0 Å². The average Bonchev–Trinajstić information content (AvgIpc) is 2.46. The lowest BCUT2D eigenvalue weighted by atomic mass is 9.93. The van der Waals surface area contributed by atoms with E-state index < -0.39 is 23.7 Å². The van der Waals surface area contributed by atoms with E-state index >= 15 is 0 Å². The van der Waals surface area contributed by atoms with Crippen molar-refractivity contribution < 1.29 is 24.9 Å². The predicted molar refractivity (Wildman–Crippen MR) is 69.9 cm³/mol. The lowest BCUT2D eigenvalue weighted by Gasteiger charge is -2.29. The molecule has 1 heterocycles. The SMILES string of the molecule is O=C1c2cc(O)c(O)cc2O[C@@H](c2ccccc2)[C@@H]1O. The number of carbonyl (C=O) groups is 1. The number of phenols is 2. The lowest BCUT2D eigenvalue weighted by Crippen LogP contribution is -2.36. The minimum Gasteiger partial charge on any atom is -0.504 e. The van der Waals surface area contributed by atoms with Gasteiger partial charge in [0.1, 0.15) is 5.75 Å². The van der Waals surface area contributed by atoms with Gasteiger partial charge < -0.3 is 20.1 Å². The van der Waals surface area contributed by atoms with Crippen molar-refractivity contribution >= 4 is 5.78 Å². The molecule has 0 saturated carbocycles. The molecule has 0 saturated heterocycles. The predicted octanol–water partition coefficient (Wildman–Crippen LogP) is 1.78. The summed E-state index contributed by atoms with van der Waals surface area (Å²) >= 11 is 0. The van der Waals surface area contributed by atoms with Gasteiger partial charge >= 0.3 is 0 Å². The summed E-state index contributed by atoms with van der Waals surface area (Å²) in [6, 6.07) is 11.1. The molecule has 0 spiro atoms. The number of aliphatic hydroxyl groups excluding tert-OH is 1. The van der Waals surface area contributed by atoms with E-state index in [-0.39, 0.29) is 17.1 Å². The summed E-state index contributed by atoms with van der Waals surface area (Å²) in [5.41, 5.74) is 0.714. The van der Waals surface area contributed by atoms with Crippen LogP contribution in [0.3, 0.4) is 0 Å². The minimum atomic E-state index is -1.35.